The van der Waals surface area contributed by atoms with Crippen LogP contribution in [0.4, 0.5) is 4.79 Å². The Morgan fingerprint density at radius 1 is 1.11 bits per heavy atom. The Kier molecular flexibility index (Phi) is 6.50. The Morgan fingerprint density at radius 2 is 1.79 bits per heavy atom. The number of carbonyl (C=O) groups is 3. The molecule has 0 bridgehead atoms. The molecular formula is C20H16BrIN2O4. The Bertz CT molecular complexity index is 982. The van der Waals surface area contributed by atoms with Gasteiger partial charge in [-0.3, -0.25) is 20.2 Å². The number of benzene rings is 2. The van der Waals surface area contributed by atoms with Gasteiger partial charge in [-0.1, -0.05) is 34.1 Å². The zero-order valence-electron chi connectivity index (χ0n) is 14.8. The van der Waals surface area contributed by atoms with Crippen LogP contribution in [0.25, 0.3) is 6.08 Å². The van der Waals surface area contributed by atoms with E-state index < -0.39 is 17.8 Å². The summed E-state index contributed by atoms with van der Waals surface area (Å²) in [6, 6.07) is 10.8. The van der Waals surface area contributed by atoms with Gasteiger partial charge in [0.05, 0.1) is 6.61 Å². The molecule has 0 aliphatic carbocycles. The number of rotatable bonds is 5. The van der Waals surface area contributed by atoms with Gasteiger partial charge in [0, 0.05) is 20.0 Å². The van der Waals surface area contributed by atoms with E-state index in [2.05, 4.69) is 49.2 Å². The second-order valence-corrected chi connectivity index (χ2v) is 7.99. The summed E-state index contributed by atoms with van der Waals surface area (Å²) in [5.74, 6) is -0.761. The molecule has 6 nitrogen and oxygen atoms in total. The molecule has 2 aromatic rings. The fourth-order valence-electron chi connectivity index (χ4n) is 2.78. The number of barbiturate groups is 1. The molecule has 144 valence electrons. The van der Waals surface area contributed by atoms with Crippen LogP contribution in [-0.2, 0) is 16.0 Å². The largest absolute Gasteiger partial charge is 0.494 e. The first-order valence-corrected chi connectivity index (χ1v) is 10.3. The zero-order valence-corrected chi connectivity index (χ0v) is 18.6. The van der Waals surface area contributed by atoms with Crippen molar-refractivity contribution in [3.05, 3.63) is 66.7 Å². The summed E-state index contributed by atoms with van der Waals surface area (Å²) in [5, 5.41) is 4.14. The minimum Gasteiger partial charge on any atom is -0.494 e. The Labute approximate surface area is 184 Å². The van der Waals surface area contributed by atoms with E-state index in [0.29, 0.717) is 24.3 Å². The Morgan fingerprint density at radius 3 is 2.43 bits per heavy atom. The second kappa shape index (κ2) is 8.87. The van der Waals surface area contributed by atoms with E-state index in [0.717, 1.165) is 19.2 Å². The number of hydrogen-bond acceptors (Lipinski definition) is 4. The molecule has 0 atom stereocenters. The van der Waals surface area contributed by atoms with Crippen LogP contribution in [0, 0.1) is 3.57 Å². The molecule has 1 aliphatic heterocycles. The summed E-state index contributed by atoms with van der Waals surface area (Å²) >= 11 is 5.79. The maximum absolute atomic E-state index is 12.0. The molecule has 0 unspecified atom stereocenters. The topological polar surface area (TPSA) is 84.5 Å². The molecule has 1 heterocycles. The van der Waals surface area contributed by atoms with Crippen molar-refractivity contribution < 1.29 is 19.1 Å². The first-order valence-electron chi connectivity index (χ1n) is 8.46. The Hall–Kier alpha value is -2.20. The van der Waals surface area contributed by atoms with Gasteiger partial charge in [0.15, 0.2) is 0 Å². The predicted octanol–water partition coefficient (Wildman–Crippen LogP) is 3.79. The van der Waals surface area contributed by atoms with Crippen LogP contribution in [0.2, 0.25) is 0 Å². The molecule has 1 fully saturated rings. The first kappa shape index (κ1) is 20.5. The van der Waals surface area contributed by atoms with Gasteiger partial charge in [-0.05, 0) is 64.9 Å². The molecule has 4 amide bonds. The van der Waals surface area contributed by atoms with Crippen LogP contribution in [0.1, 0.15) is 23.6 Å². The minimum absolute atomic E-state index is 0.128. The molecular weight excluding hydrogens is 539 g/mol. The van der Waals surface area contributed by atoms with Gasteiger partial charge in [-0.25, -0.2) is 4.79 Å². The maximum atomic E-state index is 12.0. The van der Waals surface area contributed by atoms with Gasteiger partial charge in [0.2, 0.25) is 0 Å². The lowest BCUT2D eigenvalue weighted by molar-refractivity contribution is -0.123. The molecule has 1 saturated heterocycles. The van der Waals surface area contributed by atoms with Crippen molar-refractivity contribution in [3.8, 4) is 5.75 Å². The third-order valence-electron chi connectivity index (χ3n) is 4.06. The minimum atomic E-state index is -0.819. The number of urea groups is 1. The van der Waals surface area contributed by atoms with Crippen molar-refractivity contribution in [2.24, 2.45) is 0 Å². The smallest absolute Gasteiger partial charge is 0.328 e. The summed E-state index contributed by atoms with van der Waals surface area (Å²) < 4.78 is 7.78. The van der Waals surface area contributed by atoms with E-state index in [1.807, 2.05) is 37.3 Å². The van der Waals surface area contributed by atoms with Gasteiger partial charge in [-0.15, -0.1) is 0 Å². The highest BCUT2D eigenvalue weighted by Gasteiger charge is 2.27. The molecule has 0 aromatic heterocycles. The number of imide groups is 2. The van der Waals surface area contributed by atoms with Gasteiger partial charge in [0.25, 0.3) is 11.8 Å². The lowest BCUT2D eigenvalue weighted by Crippen LogP contribution is -2.51. The van der Waals surface area contributed by atoms with Gasteiger partial charge >= 0.3 is 6.03 Å². The van der Waals surface area contributed by atoms with Crippen molar-refractivity contribution in [1.29, 1.82) is 0 Å². The highest BCUT2D eigenvalue weighted by molar-refractivity contribution is 14.1. The van der Waals surface area contributed by atoms with Crippen molar-refractivity contribution in [2.75, 3.05) is 6.61 Å². The van der Waals surface area contributed by atoms with Gasteiger partial charge in [0.1, 0.15) is 11.3 Å². The number of amides is 4. The number of carbonyl (C=O) groups excluding carboxylic acids is 3. The molecule has 3 rings (SSSR count). The molecule has 2 N–H and O–H groups in total. The number of halogens is 2. The van der Waals surface area contributed by atoms with Crippen molar-refractivity contribution in [3.63, 3.8) is 0 Å². The van der Waals surface area contributed by atoms with E-state index in [1.54, 1.807) is 6.07 Å². The van der Waals surface area contributed by atoms with Crippen LogP contribution in [0.3, 0.4) is 0 Å². The lowest BCUT2D eigenvalue weighted by atomic mass is 10.0. The maximum Gasteiger partial charge on any atom is 0.328 e. The molecule has 0 spiro atoms. The highest BCUT2D eigenvalue weighted by atomic mass is 127. The molecule has 1 aliphatic rings. The molecule has 28 heavy (non-hydrogen) atoms. The summed E-state index contributed by atoms with van der Waals surface area (Å²) in [7, 11) is 0. The Balaban J connectivity index is 2.00. The predicted molar refractivity (Wildman–Crippen MR) is 117 cm³/mol. The number of hydrogen-bond donors (Lipinski definition) is 2. The van der Waals surface area contributed by atoms with Crippen molar-refractivity contribution in [2.45, 2.75) is 13.3 Å². The summed E-state index contributed by atoms with van der Waals surface area (Å²) in [5.41, 5.74) is 2.65. The lowest BCUT2D eigenvalue weighted by Gasteiger charge is -2.16. The fraction of sp³-hybridized carbons (Fsp3) is 0.150. The van der Waals surface area contributed by atoms with Crippen LogP contribution >= 0.6 is 38.5 Å². The molecule has 8 heteroatoms. The van der Waals surface area contributed by atoms with E-state index >= 15 is 0 Å². The third-order valence-corrected chi connectivity index (χ3v) is 5.79. The van der Waals surface area contributed by atoms with Gasteiger partial charge < -0.3 is 4.74 Å². The van der Waals surface area contributed by atoms with Crippen LogP contribution in [0.5, 0.6) is 5.75 Å². The van der Waals surface area contributed by atoms with Crippen molar-refractivity contribution >= 4 is 62.4 Å². The number of ether oxygens (including phenoxy) is 1. The van der Waals surface area contributed by atoms with Crippen LogP contribution in [-0.4, -0.2) is 24.5 Å². The average molecular weight is 555 g/mol. The van der Waals surface area contributed by atoms with Gasteiger partial charge in [-0.2, -0.15) is 0 Å². The monoisotopic (exact) mass is 554 g/mol. The molecule has 0 radical (unpaired) electrons. The molecule has 2 aromatic carbocycles. The molecule has 0 saturated carbocycles. The van der Waals surface area contributed by atoms with Crippen molar-refractivity contribution in [1.82, 2.24) is 10.6 Å². The van der Waals surface area contributed by atoms with E-state index in [9.17, 15) is 14.4 Å². The standard InChI is InChI=1S/C20H16BrIN2O4/c1-2-28-17-9-11(7-14-18(25)23-20(27)24-19(14)26)8-16(22)13(17)10-12-5-3-4-6-15(12)21/h3-9H,2,10H2,1H3,(H2,23,24,25,26,27). The first-order chi connectivity index (χ1) is 13.4. The normalized spacial score (nSPS) is 13.8. The summed E-state index contributed by atoms with van der Waals surface area (Å²) in [6.45, 7) is 2.38. The van der Waals surface area contributed by atoms with Crippen LogP contribution in [0.15, 0.2) is 46.4 Å². The summed E-state index contributed by atoms with van der Waals surface area (Å²) in [4.78, 5) is 35.1. The number of nitrogens with one attached hydrogen (secondary N) is 2. The highest BCUT2D eigenvalue weighted by Crippen LogP contribution is 2.31. The fourth-order valence-corrected chi connectivity index (χ4v) is 4.02. The van der Waals surface area contributed by atoms with Crippen LogP contribution < -0.4 is 15.4 Å². The van der Waals surface area contributed by atoms with E-state index in [4.69, 9.17) is 4.74 Å². The van der Waals surface area contributed by atoms with E-state index in [1.165, 1.54) is 6.08 Å². The zero-order chi connectivity index (χ0) is 20.3. The van der Waals surface area contributed by atoms with E-state index in [-0.39, 0.29) is 5.57 Å². The second-order valence-electron chi connectivity index (χ2n) is 5.98. The third kappa shape index (κ3) is 4.61. The summed E-state index contributed by atoms with van der Waals surface area (Å²) in [6.07, 6.45) is 2.12. The SMILES string of the molecule is CCOc1cc(C=C2C(=O)NC(=O)NC2=O)cc(I)c1Cc1ccccc1Br. The average Bonchev–Trinajstić information content (AvgIpc) is 2.63. The quantitative estimate of drug-likeness (QED) is 0.334.